The number of alkyl halides is 3. The van der Waals surface area contributed by atoms with Gasteiger partial charge in [-0.1, -0.05) is 0 Å². The minimum absolute atomic E-state index is 0.175. The predicted octanol–water partition coefficient (Wildman–Crippen LogP) is 4.48. The zero-order valence-corrected chi connectivity index (χ0v) is 11.4. The lowest BCUT2D eigenvalue weighted by molar-refractivity contribution is -0.137. The number of rotatable bonds is 3. The first kappa shape index (κ1) is 14.4. The fourth-order valence-electron chi connectivity index (χ4n) is 2.11. The van der Waals surface area contributed by atoms with Crippen LogP contribution in [0.1, 0.15) is 35.6 Å². The van der Waals surface area contributed by atoms with Gasteiger partial charge in [0, 0.05) is 11.8 Å². The van der Waals surface area contributed by atoms with E-state index in [0.29, 0.717) is 5.76 Å². The van der Waals surface area contributed by atoms with Gasteiger partial charge in [-0.05, 0) is 39.0 Å². The highest BCUT2D eigenvalue weighted by molar-refractivity contribution is 5.47. The molecule has 0 spiro atoms. The van der Waals surface area contributed by atoms with Crippen molar-refractivity contribution in [1.82, 2.24) is 4.98 Å². The maximum absolute atomic E-state index is 12.9. The van der Waals surface area contributed by atoms with Crippen LogP contribution in [0.3, 0.4) is 0 Å². The maximum Gasteiger partial charge on any atom is 0.419 e. The predicted molar refractivity (Wildman–Crippen MR) is 69.5 cm³/mol. The number of halogens is 3. The number of pyridine rings is 1. The molecule has 2 rings (SSSR count). The first-order valence-electron chi connectivity index (χ1n) is 6.14. The minimum Gasteiger partial charge on any atom is -0.466 e. The maximum atomic E-state index is 12.9. The number of hydrogen-bond donors (Lipinski definition) is 1. The highest BCUT2D eigenvalue weighted by atomic mass is 19.4. The van der Waals surface area contributed by atoms with Crippen molar-refractivity contribution in [2.75, 3.05) is 5.32 Å². The molecule has 0 radical (unpaired) electrons. The van der Waals surface area contributed by atoms with E-state index in [2.05, 4.69) is 10.3 Å². The van der Waals surface area contributed by atoms with Crippen molar-refractivity contribution in [1.29, 1.82) is 0 Å². The van der Waals surface area contributed by atoms with Gasteiger partial charge in [-0.3, -0.25) is 0 Å². The number of aryl methyl sites for hydroxylation is 2. The van der Waals surface area contributed by atoms with Gasteiger partial charge in [0.2, 0.25) is 0 Å². The summed E-state index contributed by atoms with van der Waals surface area (Å²) >= 11 is 0. The molecule has 2 heterocycles. The van der Waals surface area contributed by atoms with Crippen LogP contribution in [-0.2, 0) is 6.18 Å². The van der Waals surface area contributed by atoms with Gasteiger partial charge in [0.05, 0.1) is 11.6 Å². The second-order valence-electron chi connectivity index (χ2n) is 4.63. The molecule has 0 saturated carbocycles. The summed E-state index contributed by atoms with van der Waals surface area (Å²) in [6.45, 7) is 5.35. The Balaban J connectivity index is 2.29. The van der Waals surface area contributed by atoms with E-state index in [1.807, 2.05) is 6.07 Å². The Morgan fingerprint density at radius 3 is 2.55 bits per heavy atom. The van der Waals surface area contributed by atoms with Crippen molar-refractivity contribution < 1.29 is 17.6 Å². The Bertz CT molecular complexity index is 605. The highest BCUT2D eigenvalue weighted by Gasteiger charge is 2.34. The van der Waals surface area contributed by atoms with Gasteiger partial charge < -0.3 is 9.73 Å². The molecular weight excluding hydrogens is 269 g/mol. The second-order valence-corrected chi connectivity index (χ2v) is 4.63. The fourth-order valence-corrected chi connectivity index (χ4v) is 2.11. The molecule has 0 amide bonds. The van der Waals surface area contributed by atoms with Crippen LogP contribution in [0.5, 0.6) is 0 Å². The van der Waals surface area contributed by atoms with Crippen LogP contribution in [0, 0.1) is 13.8 Å². The van der Waals surface area contributed by atoms with Crippen molar-refractivity contribution in [2.45, 2.75) is 33.0 Å². The molecule has 0 fully saturated rings. The van der Waals surface area contributed by atoms with Crippen molar-refractivity contribution >= 4 is 5.82 Å². The molecule has 0 bridgehead atoms. The minimum atomic E-state index is -4.43. The van der Waals surface area contributed by atoms with Gasteiger partial charge in [0.25, 0.3) is 0 Å². The van der Waals surface area contributed by atoms with E-state index < -0.39 is 11.7 Å². The van der Waals surface area contributed by atoms with Gasteiger partial charge in [-0.25, -0.2) is 4.98 Å². The average Bonchev–Trinajstić information content (AvgIpc) is 2.68. The van der Waals surface area contributed by atoms with Gasteiger partial charge in [-0.2, -0.15) is 13.2 Å². The number of hydrogen-bond acceptors (Lipinski definition) is 3. The molecule has 3 nitrogen and oxygen atoms in total. The van der Waals surface area contributed by atoms with Gasteiger partial charge >= 0.3 is 6.18 Å². The van der Waals surface area contributed by atoms with E-state index in [-0.39, 0.29) is 11.9 Å². The number of aromatic nitrogens is 1. The third kappa shape index (κ3) is 2.95. The molecule has 0 aromatic carbocycles. The molecule has 0 aliphatic heterocycles. The van der Waals surface area contributed by atoms with Crippen molar-refractivity contribution in [2.24, 2.45) is 0 Å². The molecule has 0 aliphatic rings. The zero-order chi connectivity index (χ0) is 14.9. The lowest BCUT2D eigenvalue weighted by Crippen LogP contribution is -2.14. The zero-order valence-electron chi connectivity index (χ0n) is 11.4. The molecule has 6 heteroatoms. The second kappa shape index (κ2) is 5.19. The van der Waals surface area contributed by atoms with Crippen molar-refractivity contribution in [3.05, 3.63) is 47.0 Å². The van der Waals surface area contributed by atoms with Crippen molar-refractivity contribution in [3.8, 4) is 0 Å². The normalized spacial score (nSPS) is 13.3. The summed E-state index contributed by atoms with van der Waals surface area (Å²) in [5.41, 5.74) is 0.0472. The van der Waals surface area contributed by atoms with E-state index in [1.54, 1.807) is 20.8 Å². The van der Waals surface area contributed by atoms with Crippen LogP contribution in [-0.4, -0.2) is 4.98 Å². The Morgan fingerprint density at radius 1 is 1.30 bits per heavy atom. The fraction of sp³-hybridized carbons (Fsp3) is 0.357. The van der Waals surface area contributed by atoms with E-state index in [4.69, 9.17) is 4.42 Å². The summed E-state index contributed by atoms with van der Waals surface area (Å²) in [5, 5.41) is 2.80. The molecule has 1 atom stereocenters. The monoisotopic (exact) mass is 284 g/mol. The summed E-state index contributed by atoms with van der Waals surface area (Å²) in [6, 6.07) is 3.76. The number of nitrogens with one attached hydrogen (secondary N) is 1. The molecule has 2 aromatic rings. The van der Waals surface area contributed by atoms with E-state index >= 15 is 0 Å². The van der Waals surface area contributed by atoms with Crippen LogP contribution in [0.2, 0.25) is 0 Å². The largest absolute Gasteiger partial charge is 0.466 e. The number of furan rings is 1. The summed E-state index contributed by atoms with van der Waals surface area (Å²) < 4.78 is 44.0. The lowest BCUT2D eigenvalue weighted by Gasteiger charge is -2.17. The molecule has 0 saturated heterocycles. The van der Waals surface area contributed by atoms with Crippen LogP contribution in [0.25, 0.3) is 0 Å². The SMILES string of the molecule is Cc1cc(C(C)Nc2ncccc2C(F)(F)F)c(C)o1. The smallest absolute Gasteiger partial charge is 0.419 e. The molecule has 0 aliphatic carbocycles. The highest BCUT2D eigenvalue weighted by Crippen LogP contribution is 2.35. The molecule has 1 unspecified atom stereocenters. The van der Waals surface area contributed by atoms with Gasteiger partial charge in [0.15, 0.2) is 0 Å². The van der Waals surface area contributed by atoms with Gasteiger partial charge in [0.1, 0.15) is 17.3 Å². The van der Waals surface area contributed by atoms with Crippen molar-refractivity contribution in [3.63, 3.8) is 0 Å². The molecule has 2 aromatic heterocycles. The van der Waals surface area contributed by atoms with Crippen LogP contribution in [0.15, 0.2) is 28.8 Å². The Hall–Kier alpha value is -1.98. The van der Waals surface area contributed by atoms with E-state index in [0.717, 1.165) is 17.4 Å². The third-order valence-corrected chi connectivity index (χ3v) is 3.01. The topological polar surface area (TPSA) is 38.1 Å². The van der Waals surface area contributed by atoms with E-state index in [1.165, 1.54) is 12.3 Å². The van der Waals surface area contributed by atoms with E-state index in [9.17, 15) is 13.2 Å². The lowest BCUT2D eigenvalue weighted by atomic mass is 10.1. The number of anilines is 1. The summed E-state index contributed by atoms with van der Waals surface area (Å²) in [6.07, 6.45) is -3.10. The first-order chi connectivity index (χ1) is 9.29. The van der Waals surface area contributed by atoms with Crippen LogP contribution < -0.4 is 5.32 Å². The standard InChI is InChI=1S/C14H15F3N2O/c1-8-7-11(10(3)20-8)9(2)19-13-12(14(15,16)17)5-4-6-18-13/h4-7,9H,1-3H3,(H,18,19). The molecule has 20 heavy (non-hydrogen) atoms. The summed E-state index contributed by atoms with van der Waals surface area (Å²) in [4.78, 5) is 3.79. The summed E-state index contributed by atoms with van der Waals surface area (Å²) in [5.74, 6) is 1.24. The van der Waals surface area contributed by atoms with Crippen LogP contribution in [0.4, 0.5) is 19.0 Å². The van der Waals surface area contributed by atoms with Gasteiger partial charge in [-0.15, -0.1) is 0 Å². The number of nitrogens with zero attached hydrogens (tertiary/aromatic N) is 1. The Morgan fingerprint density at radius 2 is 2.00 bits per heavy atom. The van der Waals surface area contributed by atoms with Crippen LogP contribution >= 0.6 is 0 Å². The molecular formula is C14H15F3N2O. The Kier molecular flexibility index (Phi) is 3.74. The molecule has 1 N–H and O–H groups in total. The quantitative estimate of drug-likeness (QED) is 0.902. The summed E-state index contributed by atoms with van der Waals surface area (Å²) in [7, 11) is 0. The average molecular weight is 284 g/mol. The Labute approximate surface area is 114 Å². The third-order valence-electron chi connectivity index (χ3n) is 3.01. The first-order valence-corrected chi connectivity index (χ1v) is 6.14. The molecule has 108 valence electrons.